The number of fused-ring (bicyclic) bond motifs is 1. The van der Waals surface area contributed by atoms with Crippen LogP contribution in [0.25, 0.3) is 17.2 Å². The standard InChI is InChI=1S/C43H39NO5S/c1-43(2)37-30-36(42(45)46)25-26-38(37)44(28-12-13-29-50(47,48)49)39(43)27-22-31-20-23-35(24-21-31)41(34-18-10-5-11-19-34)40(32-14-6-3-7-15-32)33-16-8-4-9-17-33/h3-11,14-27,30H,12-13,28-29H2,1-2H3,(H-,45,46,47,48,49)/p+1. The van der Waals surface area contributed by atoms with Crippen molar-refractivity contribution in [3.63, 3.8) is 0 Å². The van der Waals surface area contributed by atoms with E-state index in [4.69, 9.17) is 0 Å². The molecule has 0 unspecified atom stereocenters. The van der Waals surface area contributed by atoms with Gasteiger partial charge in [0.2, 0.25) is 5.69 Å². The molecule has 2 N–H and O–H groups in total. The predicted octanol–water partition coefficient (Wildman–Crippen LogP) is 9.15. The van der Waals surface area contributed by atoms with Gasteiger partial charge in [0, 0.05) is 24.1 Å². The van der Waals surface area contributed by atoms with Gasteiger partial charge in [-0.15, -0.1) is 0 Å². The van der Waals surface area contributed by atoms with E-state index in [1.807, 2.05) is 24.3 Å². The molecule has 5 aromatic carbocycles. The molecule has 0 radical (unpaired) electrons. The molecule has 50 heavy (non-hydrogen) atoms. The van der Waals surface area contributed by atoms with Crippen LogP contribution in [0.2, 0.25) is 0 Å². The van der Waals surface area contributed by atoms with Gasteiger partial charge in [0.1, 0.15) is 6.54 Å². The third kappa shape index (κ3) is 7.59. The molecule has 0 spiro atoms. The van der Waals surface area contributed by atoms with Crippen molar-refractivity contribution >= 4 is 44.7 Å². The van der Waals surface area contributed by atoms with Crippen molar-refractivity contribution in [1.82, 2.24) is 0 Å². The van der Waals surface area contributed by atoms with Crippen LogP contribution < -0.4 is 0 Å². The highest BCUT2D eigenvalue weighted by molar-refractivity contribution is 7.85. The Morgan fingerprint density at radius 3 is 1.62 bits per heavy atom. The number of hydrogen-bond donors (Lipinski definition) is 2. The summed E-state index contributed by atoms with van der Waals surface area (Å²) in [4.78, 5) is 11.8. The van der Waals surface area contributed by atoms with Gasteiger partial charge < -0.3 is 5.11 Å². The number of carbonyl (C=O) groups is 1. The van der Waals surface area contributed by atoms with Crippen molar-refractivity contribution in [2.24, 2.45) is 0 Å². The van der Waals surface area contributed by atoms with Gasteiger partial charge in [-0.2, -0.15) is 13.0 Å². The number of aromatic carboxylic acids is 1. The number of carboxylic acid groups (broad SMARTS) is 1. The SMILES string of the molecule is CC1(C)C(C=Cc2ccc(C(=C(c3ccccc3)c3ccccc3)c3ccccc3)cc2)=[N+](CCCCS(=O)(=O)O)c2ccc(C(=O)O)cc21. The molecule has 1 aliphatic heterocycles. The van der Waals surface area contributed by atoms with Crippen molar-refractivity contribution < 1.29 is 27.4 Å². The van der Waals surface area contributed by atoms with E-state index in [2.05, 4.69) is 128 Å². The third-order valence-corrected chi connectivity index (χ3v) is 10.0. The van der Waals surface area contributed by atoms with Crippen molar-refractivity contribution in [3.8, 4) is 0 Å². The Balaban J connectivity index is 1.40. The van der Waals surface area contributed by atoms with Gasteiger partial charge in [0.25, 0.3) is 10.1 Å². The Hall–Kier alpha value is -5.37. The number of allylic oxidation sites excluding steroid dienone is 1. The molecule has 6 nitrogen and oxygen atoms in total. The van der Waals surface area contributed by atoms with E-state index in [1.54, 1.807) is 12.1 Å². The summed E-state index contributed by atoms with van der Waals surface area (Å²) >= 11 is 0. The first-order valence-corrected chi connectivity index (χ1v) is 18.3. The molecule has 0 saturated carbocycles. The first-order valence-electron chi connectivity index (χ1n) is 16.7. The summed E-state index contributed by atoms with van der Waals surface area (Å²) in [6.07, 6.45) is 4.98. The van der Waals surface area contributed by atoms with Crippen LogP contribution in [-0.2, 0) is 15.5 Å². The minimum absolute atomic E-state index is 0.219. The molecule has 5 aromatic rings. The average Bonchev–Trinajstić information content (AvgIpc) is 3.33. The molecule has 252 valence electrons. The fourth-order valence-corrected chi connectivity index (χ4v) is 7.33. The number of rotatable bonds is 12. The second kappa shape index (κ2) is 14.6. The second-order valence-electron chi connectivity index (χ2n) is 13.0. The lowest BCUT2D eigenvalue weighted by Crippen LogP contribution is -2.28. The van der Waals surface area contributed by atoms with E-state index >= 15 is 0 Å². The van der Waals surface area contributed by atoms with E-state index in [-0.39, 0.29) is 11.3 Å². The Labute approximate surface area is 294 Å². The van der Waals surface area contributed by atoms with E-state index in [0.29, 0.717) is 19.4 Å². The highest BCUT2D eigenvalue weighted by atomic mass is 32.2. The number of benzene rings is 5. The first kappa shape index (κ1) is 34.5. The van der Waals surface area contributed by atoms with E-state index in [1.165, 1.54) is 0 Å². The van der Waals surface area contributed by atoms with Gasteiger partial charge in [0.05, 0.1) is 16.7 Å². The third-order valence-electron chi connectivity index (χ3n) is 9.24. The Bertz CT molecular complexity index is 2160. The van der Waals surface area contributed by atoms with Gasteiger partial charge in [-0.1, -0.05) is 115 Å². The molecule has 0 atom stereocenters. The van der Waals surface area contributed by atoms with Crippen LogP contribution >= 0.6 is 0 Å². The van der Waals surface area contributed by atoms with Gasteiger partial charge in [-0.25, -0.2) is 4.79 Å². The highest BCUT2D eigenvalue weighted by Gasteiger charge is 2.44. The predicted molar refractivity (Wildman–Crippen MR) is 202 cm³/mol. The maximum Gasteiger partial charge on any atom is 0.335 e. The van der Waals surface area contributed by atoms with Crippen LogP contribution in [0.5, 0.6) is 0 Å². The van der Waals surface area contributed by atoms with Gasteiger partial charge in [-0.05, 0) is 77.4 Å². The van der Waals surface area contributed by atoms with Crippen LogP contribution in [0, 0.1) is 0 Å². The summed E-state index contributed by atoms with van der Waals surface area (Å²) in [6, 6.07) is 45.0. The lowest BCUT2D eigenvalue weighted by Gasteiger charge is -2.18. The summed E-state index contributed by atoms with van der Waals surface area (Å²) in [7, 11) is -4.05. The summed E-state index contributed by atoms with van der Waals surface area (Å²) in [6.45, 7) is 4.66. The highest BCUT2D eigenvalue weighted by Crippen LogP contribution is 2.41. The van der Waals surface area contributed by atoms with Gasteiger partial charge in [-0.3, -0.25) is 4.55 Å². The van der Waals surface area contributed by atoms with Crippen LogP contribution in [-0.4, -0.2) is 46.6 Å². The lowest BCUT2D eigenvalue weighted by molar-refractivity contribution is -0.438. The second-order valence-corrected chi connectivity index (χ2v) is 14.6. The first-order chi connectivity index (χ1) is 24.0. The lowest BCUT2D eigenvalue weighted by atomic mass is 9.80. The molecule has 0 fully saturated rings. The van der Waals surface area contributed by atoms with Crippen molar-refractivity contribution in [1.29, 1.82) is 0 Å². The van der Waals surface area contributed by atoms with Crippen molar-refractivity contribution in [2.45, 2.75) is 32.1 Å². The molecule has 1 aliphatic rings. The topological polar surface area (TPSA) is 94.7 Å². The normalized spacial score (nSPS) is 13.7. The number of unbranched alkanes of at least 4 members (excludes halogenated alkanes) is 1. The number of nitrogens with zero attached hydrogens (tertiary/aromatic N) is 1. The molecular formula is C43H40NO5S+. The molecule has 1 heterocycles. The molecule has 0 aromatic heterocycles. The summed E-state index contributed by atoms with van der Waals surface area (Å²) in [5, 5.41) is 9.70. The fraction of sp³-hybridized carbons (Fsp3) is 0.163. The summed E-state index contributed by atoms with van der Waals surface area (Å²) in [5.41, 5.74) is 10.2. The molecule has 7 heteroatoms. The van der Waals surface area contributed by atoms with E-state index < -0.39 is 21.5 Å². The molecule has 0 amide bonds. The smallest absolute Gasteiger partial charge is 0.335 e. The molecular weight excluding hydrogens is 643 g/mol. The van der Waals surface area contributed by atoms with Gasteiger partial charge >= 0.3 is 5.97 Å². The Morgan fingerprint density at radius 2 is 1.14 bits per heavy atom. The van der Waals surface area contributed by atoms with Crippen molar-refractivity contribution in [2.75, 3.05) is 12.3 Å². The molecule has 0 saturated heterocycles. The zero-order valence-electron chi connectivity index (χ0n) is 28.2. The molecule has 0 aliphatic carbocycles. The largest absolute Gasteiger partial charge is 0.478 e. The zero-order chi connectivity index (χ0) is 35.3. The Kier molecular flexibility index (Phi) is 10.1. The Morgan fingerprint density at radius 1 is 0.660 bits per heavy atom. The fourth-order valence-electron chi connectivity index (χ4n) is 6.76. The monoisotopic (exact) mass is 682 g/mol. The summed E-state index contributed by atoms with van der Waals surface area (Å²) in [5.74, 6) is -1.29. The van der Waals surface area contributed by atoms with Crippen molar-refractivity contribution in [3.05, 3.63) is 178 Å². The van der Waals surface area contributed by atoms with Crippen LogP contribution in [0.3, 0.4) is 0 Å². The van der Waals surface area contributed by atoms with Crippen LogP contribution in [0.4, 0.5) is 5.69 Å². The average molecular weight is 683 g/mol. The quantitative estimate of drug-likeness (QED) is 0.0593. The molecule has 0 bridgehead atoms. The summed E-state index contributed by atoms with van der Waals surface area (Å²) < 4.78 is 34.1. The number of carboxylic acids is 1. The maximum absolute atomic E-state index is 11.8. The van der Waals surface area contributed by atoms with E-state index in [0.717, 1.165) is 55.9 Å². The minimum Gasteiger partial charge on any atom is -0.478 e. The minimum atomic E-state index is -4.05. The van der Waals surface area contributed by atoms with Crippen LogP contribution in [0.1, 0.15) is 70.4 Å². The van der Waals surface area contributed by atoms with E-state index in [9.17, 15) is 22.9 Å². The maximum atomic E-state index is 11.8. The van der Waals surface area contributed by atoms with Gasteiger partial charge in [0.15, 0.2) is 5.71 Å². The number of hydrogen-bond acceptors (Lipinski definition) is 3. The zero-order valence-corrected chi connectivity index (χ0v) is 29.0. The molecule has 6 rings (SSSR count). The van der Waals surface area contributed by atoms with Crippen LogP contribution in [0.15, 0.2) is 140 Å².